The van der Waals surface area contributed by atoms with Crippen molar-refractivity contribution < 1.29 is 28.6 Å². The van der Waals surface area contributed by atoms with Gasteiger partial charge in [0.25, 0.3) is 0 Å². The second-order valence-electron chi connectivity index (χ2n) is 9.38. The summed E-state index contributed by atoms with van der Waals surface area (Å²) in [7, 11) is 4.68. The van der Waals surface area contributed by atoms with E-state index in [1.54, 1.807) is 26.2 Å². The van der Waals surface area contributed by atoms with Crippen molar-refractivity contribution in [3.05, 3.63) is 17.7 Å². The maximum absolute atomic E-state index is 14.2. The van der Waals surface area contributed by atoms with Gasteiger partial charge in [-0.15, -0.1) is 0 Å². The van der Waals surface area contributed by atoms with Gasteiger partial charge < -0.3 is 30.2 Å². The molecule has 1 saturated heterocycles. The van der Waals surface area contributed by atoms with Gasteiger partial charge in [0.2, 0.25) is 23.5 Å². The first-order valence-corrected chi connectivity index (χ1v) is 12.6. The Hall–Kier alpha value is -2.97. The molecule has 0 aromatic heterocycles. The number of nitrogens with one attached hydrogen (secondary N) is 1. The number of amides is 3. The summed E-state index contributed by atoms with van der Waals surface area (Å²) in [6, 6.07) is 3.17. The van der Waals surface area contributed by atoms with E-state index in [0.717, 1.165) is 44.1 Å². The molecule has 1 aliphatic carbocycles. The number of nitrogens with two attached hydrogens (primary N) is 1. The molecule has 2 fully saturated rings. The zero-order valence-corrected chi connectivity index (χ0v) is 21.1. The fourth-order valence-corrected chi connectivity index (χ4v) is 5.44. The Morgan fingerprint density at radius 1 is 0.971 bits per heavy atom. The first-order chi connectivity index (χ1) is 16.9. The molecule has 3 N–H and O–H groups in total. The highest BCUT2D eigenvalue weighted by molar-refractivity contribution is 5.91. The van der Waals surface area contributed by atoms with Gasteiger partial charge in [-0.3, -0.25) is 14.4 Å². The van der Waals surface area contributed by atoms with Crippen LogP contribution < -0.4 is 25.3 Å². The van der Waals surface area contributed by atoms with Crippen LogP contribution in [0.3, 0.4) is 0 Å². The van der Waals surface area contributed by atoms with Gasteiger partial charge in [-0.2, -0.15) is 0 Å². The number of carbonyl (C=O) groups excluding carboxylic acids is 3. The van der Waals surface area contributed by atoms with Crippen molar-refractivity contribution in [2.75, 3.05) is 34.4 Å². The molecule has 0 spiro atoms. The number of piperidine rings is 1. The van der Waals surface area contributed by atoms with Gasteiger partial charge in [-0.25, -0.2) is 0 Å². The van der Waals surface area contributed by atoms with Gasteiger partial charge in [-0.05, 0) is 55.7 Å². The number of rotatable bonds is 10. The van der Waals surface area contributed by atoms with Crippen molar-refractivity contribution >= 4 is 17.7 Å². The Morgan fingerprint density at radius 3 is 2.17 bits per heavy atom. The van der Waals surface area contributed by atoms with Gasteiger partial charge in [0, 0.05) is 19.5 Å². The Labute approximate surface area is 207 Å². The molecule has 35 heavy (non-hydrogen) atoms. The number of primary amides is 1. The van der Waals surface area contributed by atoms with Crippen molar-refractivity contribution in [2.45, 2.75) is 69.7 Å². The fraction of sp³-hybridized carbons (Fsp3) is 0.654. The number of methoxy groups -OCH3 is 3. The van der Waals surface area contributed by atoms with E-state index in [2.05, 4.69) is 5.32 Å². The average Bonchev–Trinajstić information content (AvgIpc) is 2.88. The standard InChI is InChI=1S/C26H39N3O6/c1-33-20-15-18(16-21(34-2)24(20)35-3)23(17-9-5-4-6-10-17)26(32)29-14-8-7-11-19(29)25(31)28-13-12-22(27)30/h15-17,19,23H,4-14H2,1-3H3,(H2,27,30)(H,28,31)/t19-,23?/m0/s1. The van der Waals surface area contributed by atoms with Gasteiger partial charge >= 0.3 is 0 Å². The zero-order valence-electron chi connectivity index (χ0n) is 21.1. The number of ether oxygens (including phenoxy) is 3. The molecule has 0 bridgehead atoms. The molecule has 1 heterocycles. The van der Waals surface area contributed by atoms with Crippen molar-refractivity contribution in [1.29, 1.82) is 0 Å². The highest BCUT2D eigenvalue weighted by Gasteiger charge is 2.40. The third kappa shape index (κ3) is 6.38. The second-order valence-corrected chi connectivity index (χ2v) is 9.38. The minimum atomic E-state index is -0.558. The molecule has 9 nitrogen and oxygen atoms in total. The first-order valence-electron chi connectivity index (χ1n) is 12.6. The summed E-state index contributed by atoms with van der Waals surface area (Å²) in [4.78, 5) is 40.0. The third-order valence-electron chi connectivity index (χ3n) is 7.19. The van der Waals surface area contributed by atoms with E-state index in [0.29, 0.717) is 30.2 Å². The maximum atomic E-state index is 14.2. The lowest BCUT2D eigenvalue weighted by Crippen LogP contribution is -2.54. The largest absolute Gasteiger partial charge is 0.493 e. The van der Waals surface area contributed by atoms with E-state index < -0.39 is 17.9 Å². The quantitative estimate of drug-likeness (QED) is 0.521. The number of benzene rings is 1. The molecule has 1 aromatic carbocycles. The van der Waals surface area contributed by atoms with Gasteiger partial charge in [0.1, 0.15) is 6.04 Å². The van der Waals surface area contributed by atoms with Crippen LogP contribution in [0.4, 0.5) is 0 Å². The molecule has 3 rings (SSSR count). The monoisotopic (exact) mass is 489 g/mol. The topological polar surface area (TPSA) is 120 Å². The SMILES string of the molecule is COc1cc(C(C(=O)N2CCCC[C@H]2C(=O)NCCC(N)=O)C2CCCCC2)cc(OC)c1OC. The van der Waals surface area contributed by atoms with Gasteiger partial charge in [0.15, 0.2) is 11.5 Å². The highest BCUT2D eigenvalue weighted by Crippen LogP contribution is 2.45. The number of likely N-dealkylation sites (tertiary alicyclic amines) is 1. The lowest BCUT2D eigenvalue weighted by molar-refractivity contribution is -0.144. The maximum Gasteiger partial charge on any atom is 0.242 e. The summed E-state index contributed by atoms with van der Waals surface area (Å²) in [5, 5.41) is 2.79. The summed E-state index contributed by atoms with van der Waals surface area (Å²) in [5.74, 6) is 0.514. The van der Waals surface area contributed by atoms with Crippen molar-refractivity contribution in [3.8, 4) is 17.2 Å². The molecule has 1 aliphatic heterocycles. The molecule has 194 valence electrons. The molecule has 2 aliphatic rings. The minimum Gasteiger partial charge on any atom is -0.493 e. The summed E-state index contributed by atoms with van der Waals surface area (Å²) in [5.41, 5.74) is 6.02. The van der Waals surface area contributed by atoms with Crippen LogP contribution >= 0.6 is 0 Å². The van der Waals surface area contributed by atoms with Crippen LogP contribution in [0.15, 0.2) is 12.1 Å². The number of nitrogens with zero attached hydrogens (tertiary/aromatic N) is 1. The normalized spacial score (nSPS) is 19.5. The van der Waals surface area contributed by atoms with Crippen molar-refractivity contribution in [2.24, 2.45) is 11.7 Å². The molecule has 1 aromatic rings. The Morgan fingerprint density at radius 2 is 1.60 bits per heavy atom. The predicted molar refractivity (Wildman–Crippen MR) is 132 cm³/mol. The molecule has 1 saturated carbocycles. The van der Waals surface area contributed by atoms with E-state index >= 15 is 0 Å². The Balaban J connectivity index is 1.95. The fourth-order valence-electron chi connectivity index (χ4n) is 5.44. The molecule has 1 unspecified atom stereocenters. The van der Waals surface area contributed by atoms with E-state index in [-0.39, 0.29) is 30.7 Å². The smallest absolute Gasteiger partial charge is 0.242 e. The predicted octanol–water partition coefficient (Wildman–Crippen LogP) is 2.75. The van der Waals surface area contributed by atoms with Crippen molar-refractivity contribution in [3.63, 3.8) is 0 Å². The molecule has 0 radical (unpaired) electrons. The van der Waals surface area contributed by atoms with Crippen LogP contribution in [0.25, 0.3) is 0 Å². The van der Waals surface area contributed by atoms with Gasteiger partial charge in [-0.1, -0.05) is 19.3 Å². The lowest BCUT2D eigenvalue weighted by Gasteiger charge is -2.39. The second kappa shape index (κ2) is 12.7. The molecular formula is C26H39N3O6. The zero-order chi connectivity index (χ0) is 25.4. The molecular weight excluding hydrogens is 450 g/mol. The van der Waals surface area contributed by atoms with Crippen molar-refractivity contribution in [1.82, 2.24) is 10.2 Å². The van der Waals surface area contributed by atoms with Crippen LogP contribution in [0.5, 0.6) is 17.2 Å². The summed E-state index contributed by atoms with van der Waals surface area (Å²) in [6.45, 7) is 0.700. The molecule has 3 amide bonds. The number of carbonyl (C=O) groups is 3. The van der Waals surface area contributed by atoms with E-state index in [1.807, 2.05) is 12.1 Å². The van der Waals surface area contributed by atoms with Crippen LogP contribution in [-0.2, 0) is 14.4 Å². The van der Waals surface area contributed by atoms with Crippen LogP contribution in [-0.4, -0.2) is 63.1 Å². The van der Waals surface area contributed by atoms with E-state index in [9.17, 15) is 14.4 Å². The Bertz CT molecular complexity index is 874. The Kier molecular flexibility index (Phi) is 9.63. The van der Waals surface area contributed by atoms with Crippen LogP contribution in [0.2, 0.25) is 0 Å². The van der Waals surface area contributed by atoms with Crippen LogP contribution in [0.1, 0.15) is 69.3 Å². The average molecular weight is 490 g/mol. The minimum absolute atomic E-state index is 0.0408. The first kappa shape index (κ1) is 26.6. The summed E-state index contributed by atoms with van der Waals surface area (Å²) < 4.78 is 16.6. The van der Waals surface area contributed by atoms with Crippen LogP contribution in [0, 0.1) is 5.92 Å². The number of hydrogen-bond acceptors (Lipinski definition) is 6. The molecule has 2 atom stereocenters. The molecule has 9 heteroatoms. The van der Waals surface area contributed by atoms with E-state index in [4.69, 9.17) is 19.9 Å². The summed E-state index contributed by atoms with van der Waals surface area (Å²) >= 11 is 0. The lowest BCUT2D eigenvalue weighted by atomic mass is 9.75. The number of hydrogen-bond donors (Lipinski definition) is 2. The highest BCUT2D eigenvalue weighted by atomic mass is 16.5. The van der Waals surface area contributed by atoms with Gasteiger partial charge in [0.05, 0.1) is 27.2 Å². The third-order valence-corrected chi connectivity index (χ3v) is 7.19. The summed E-state index contributed by atoms with van der Waals surface area (Å²) in [6.07, 6.45) is 7.63. The van der Waals surface area contributed by atoms with E-state index in [1.165, 1.54) is 6.42 Å².